The van der Waals surface area contributed by atoms with Crippen LogP contribution in [0.4, 0.5) is 5.13 Å². The van der Waals surface area contributed by atoms with Gasteiger partial charge in [0, 0.05) is 11.8 Å². The zero-order valence-electron chi connectivity index (χ0n) is 11.2. The van der Waals surface area contributed by atoms with Gasteiger partial charge in [0.1, 0.15) is 5.84 Å². The summed E-state index contributed by atoms with van der Waals surface area (Å²) in [6.07, 6.45) is -0.260. The first-order valence-electron chi connectivity index (χ1n) is 5.58. The third-order valence-electron chi connectivity index (χ3n) is 2.05. The summed E-state index contributed by atoms with van der Waals surface area (Å²) in [5, 5.41) is 6.39. The second kappa shape index (κ2) is 6.99. The van der Waals surface area contributed by atoms with Crippen LogP contribution in [-0.2, 0) is 25.8 Å². The smallest absolute Gasteiger partial charge is 0.318 e. The van der Waals surface area contributed by atoms with E-state index in [1.807, 2.05) is 0 Å². The molecule has 0 radical (unpaired) electrons. The number of aliphatic imine (C=N–C) groups is 1. The van der Waals surface area contributed by atoms with Gasteiger partial charge < -0.3 is 17.2 Å². The van der Waals surface area contributed by atoms with Crippen molar-refractivity contribution in [1.82, 2.24) is 4.98 Å². The molecule has 0 aliphatic heterocycles. The zero-order chi connectivity index (χ0) is 17.0. The summed E-state index contributed by atoms with van der Waals surface area (Å²) in [6, 6.07) is 0. The number of hydrogen-bond acceptors (Lipinski definition) is 7. The van der Waals surface area contributed by atoms with Crippen molar-refractivity contribution in [2.45, 2.75) is 12.2 Å². The molecule has 0 unspecified atom stereocenters. The number of nitrogens with two attached hydrogens (primary N) is 4. The van der Waals surface area contributed by atoms with Gasteiger partial charge in [0.2, 0.25) is 5.13 Å². The summed E-state index contributed by atoms with van der Waals surface area (Å²) in [5.74, 6) is -1.32. The molecule has 8 N–H and O–H groups in total. The Hall–Kier alpha value is -1.77. The maximum atomic E-state index is 11.9. The van der Waals surface area contributed by atoms with E-state index >= 15 is 0 Å². The minimum Gasteiger partial charge on any atom is -0.386 e. The van der Waals surface area contributed by atoms with Crippen LogP contribution in [0.2, 0.25) is 0 Å². The van der Waals surface area contributed by atoms with Gasteiger partial charge in [-0.05, 0) is 0 Å². The number of nitrogens with zero attached hydrogens (tertiary/aromatic N) is 3. The van der Waals surface area contributed by atoms with Crippen LogP contribution in [-0.4, -0.2) is 39.4 Å². The van der Waals surface area contributed by atoms with Crippen molar-refractivity contribution >= 4 is 48.3 Å². The molecule has 1 aromatic rings. The molecule has 14 heteroatoms. The molecule has 0 aliphatic carbocycles. The molecular weight excluding hydrogens is 354 g/mol. The first-order valence-corrected chi connectivity index (χ1v) is 9.79. The fourth-order valence-electron chi connectivity index (χ4n) is 1.29. The molecule has 0 atom stereocenters. The number of amidine groups is 1. The van der Waals surface area contributed by atoms with Gasteiger partial charge >= 0.3 is 10.2 Å². The quantitative estimate of drug-likeness (QED) is 0.308. The van der Waals surface area contributed by atoms with Crippen molar-refractivity contribution in [2.75, 3.05) is 5.75 Å². The molecular formula is C8H15N7O4S3. The van der Waals surface area contributed by atoms with Crippen LogP contribution in [0.1, 0.15) is 12.1 Å². The number of rotatable bonds is 7. The fraction of sp³-hybridized carbons (Fsp3) is 0.375. The van der Waals surface area contributed by atoms with Crippen molar-refractivity contribution < 1.29 is 16.8 Å². The van der Waals surface area contributed by atoms with Gasteiger partial charge in [-0.2, -0.15) is 13.4 Å². The zero-order valence-corrected chi connectivity index (χ0v) is 13.7. The van der Waals surface area contributed by atoms with Gasteiger partial charge in [-0.25, -0.2) is 18.5 Å². The molecule has 0 fully saturated rings. The first kappa shape index (κ1) is 18.3. The molecule has 22 heavy (non-hydrogen) atoms. The Kier molecular flexibility index (Phi) is 5.81. The average Bonchev–Trinajstić information content (AvgIpc) is 2.70. The number of hydrogen-bond donors (Lipinski definition) is 4. The molecule has 0 bridgehead atoms. The standard InChI is InChI=1S/C8H15N7O4S3/c9-6(15-22(12,18)19)1-2-21(16,17)4-5-3-20-8(13-5)14-7(10)11/h3H,1-2,4H2,(H2,9,15)(H2,12,18,19)(H4,10,11,13,14). The van der Waals surface area contributed by atoms with Gasteiger partial charge in [-0.3, -0.25) is 0 Å². The molecule has 0 amide bonds. The molecule has 0 saturated carbocycles. The fourth-order valence-corrected chi connectivity index (χ4v) is 3.78. The summed E-state index contributed by atoms with van der Waals surface area (Å²) in [5.41, 5.74) is 15.9. The van der Waals surface area contributed by atoms with E-state index in [4.69, 9.17) is 17.2 Å². The van der Waals surface area contributed by atoms with Gasteiger partial charge in [0.25, 0.3) is 0 Å². The summed E-state index contributed by atoms with van der Waals surface area (Å²) >= 11 is 1.08. The molecule has 0 aliphatic rings. The first-order chi connectivity index (χ1) is 9.97. The third-order valence-corrected chi connectivity index (χ3v) is 4.88. The lowest BCUT2D eigenvalue weighted by Gasteiger charge is -2.02. The molecule has 124 valence electrons. The third kappa shape index (κ3) is 7.30. The van der Waals surface area contributed by atoms with E-state index in [9.17, 15) is 16.8 Å². The van der Waals surface area contributed by atoms with Crippen LogP contribution in [0, 0.1) is 0 Å². The Morgan fingerprint density at radius 1 is 1.23 bits per heavy atom. The predicted molar refractivity (Wildman–Crippen MR) is 84.4 cm³/mol. The highest BCUT2D eigenvalue weighted by Crippen LogP contribution is 2.20. The second-order valence-corrected chi connectivity index (χ2v) is 8.33. The lowest BCUT2D eigenvalue weighted by Crippen LogP contribution is -2.22. The minimum absolute atomic E-state index is 0.185. The summed E-state index contributed by atoms with van der Waals surface area (Å²) in [7, 11) is -7.70. The van der Waals surface area contributed by atoms with Gasteiger partial charge in [0.15, 0.2) is 15.8 Å². The average molecular weight is 369 g/mol. The van der Waals surface area contributed by atoms with Gasteiger partial charge in [0.05, 0.1) is 17.2 Å². The van der Waals surface area contributed by atoms with Gasteiger partial charge in [-0.15, -0.1) is 15.7 Å². The topological polar surface area (TPSA) is 210 Å². The van der Waals surface area contributed by atoms with E-state index in [-0.39, 0.29) is 34.8 Å². The molecule has 0 spiro atoms. The second-order valence-electron chi connectivity index (χ2n) is 4.10. The minimum atomic E-state index is -4.14. The maximum absolute atomic E-state index is 11.9. The van der Waals surface area contributed by atoms with Crippen molar-refractivity contribution in [1.29, 1.82) is 0 Å². The molecule has 1 heterocycles. The van der Waals surface area contributed by atoms with Crippen LogP contribution < -0.4 is 22.3 Å². The van der Waals surface area contributed by atoms with Crippen LogP contribution in [0.25, 0.3) is 0 Å². The monoisotopic (exact) mass is 369 g/mol. The Labute approximate surface area is 131 Å². The Balaban J connectivity index is 2.70. The highest BCUT2D eigenvalue weighted by Gasteiger charge is 2.16. The van der Waals surface area contributed by atoms with Crippen molar-refractivity contribution in [2.24, 2.45) is 31.7 Å². The number of aromatic nitrogens is 1. The highest BCUT2D eigenvalue weighted by molar-refractivity contribution is 7.90. The van der Waals surface area contributed by atoms with Crippen LogP contribution in [0.15, 0.2) is 14.8 Å². The summed E-state index contributed by atoms with van der Waals surface area (Å²) in [6.45, 7) is 0. The maximum Gasteiger partial charge on any atom is 0.318 e. The van der Waals surface area contributed by atoms with E-state index in [1.54, 1.807) is 0 Å². The normalized spacial score (nSPS) is 13.0. The number of sulfone groups is 1. The Morgan fingerprint density at radius 3 is 2.41 bits per heavy atom. The van der Waals surface area contributed by atoms with E-state index < -0.39 is 25.8 Å². The molecule has 0 saturated heterocycles. The van der Waals surface area contributed by atoms with Crippen molar-refractivity contribution in [3.63, 3.8) is 0 Å². The van der Waals surface area contributed by atoms with Crippen LogP contribution in [0.5, 0.6) is 0 Å². The number of thiazole rings is 1. The Morgan fingerprint density at radius 2 is 1.86 bits per heavy atom. The van der Waals surface area contributed by atoms with Crippen LogP contribution >= 0.6 is 11.3 Å². The van der Waals surface area contributed by atoms with E-state index in [2.05, 4.69) is 19.5 Å². The van der Waals surface area contributed by atoms with E-state index in [0.29, 0.717) is 0 Å². The van der Waals surface area contributed by atoms with E-state index in [1.165, 1.54) is 5.38 Å². The molecule has 0 aromatic carbocycles. The summed E-state index contributed by atoms with van der Waals surface area (Å²) < 4.78 is 48.1. The predicted octanol–water partition coefficient (Wildman–Crippen LogP) is -2.09. The highest BCUT2D eigenvalue weighted by atomic mass is 32.2. The molecule has 1 rings (SSSR count). The molecule has 11 nitrogen and oxygen atoms in total. The molecule has 1 aromatic heterocycles. The van der Waals surface area contributed by atoms with Gasteiger partial charge in [-0.1, -0.05) is 0 Å². The Bertz CT molecular complexity index is 789. The summed E-state index contributed by atoms with van der Waals surface area (Å²) in [4.78, 5) is 7.63. The van der Waals surface area contributed by atoms with Crippen molar-refractivity contribution in [3.05, 3.63) is 11.1 Å². The lowest BCUT2D eigenvalue weighted by molar-refractivity contribution is 0.593. The number of guanidine groups is 1. The van der Waals surface area contributed by atoms with Crippen molar-refractivity contribution in [3.8, 4) is 0 Å². The van der Waals surface area contributed by atoms with E-state index in [0.717, 1.165) is 11.3 Å². The van der Waals surface area contributed by atoms with Crippen LogP contribution in [0.3, 0.4) is 0 Å². The largest absolute Gasteiger partial charge is 0.386 e. The lowest BCUT2D eigenvalue weighted by atomic mass is 10.5. The SMILES string of the molecule is NC(N)=Nc1nc(CS(=O)(=O)CCC(N)=NS(N)(=O)=O)cs1.